The molecule has 0 saturated heterocycles. The van der Waals surface area contributed by atoms with Crippen molar-refractivity contribution in [1.29, 1.82) is 0 Å². The number of aromatic nitrogens is 2. The van der Waals surface area contributed by atoms with E-state index in [4.69, 9.17) is 32.7 Å². The van der Waals surface area contributed by atoms with Crippen LogP contribution >= 0.6 is 23.2 Å². The van der Waals surface area contributed by atoms with Crippen molar-refractivity contribution in [3.63, 3.8) is 0 Å². The summed E-state index contributed by atoms with van der Waals surface area (Å²) >= 11 is 12.1. The SMILES string of the molecule is CO/C(=C\C=C\c1cc2cc(Cl)c(Cl)cc2[nH]1)C(=O)Nc1ccc(OC)cn1. The van der Waals surface area contributed by atoms with Crippen molar-refractivity contribution in [2.45, 2.75) is 0 Å². The van der Waals surface area contributed by atoms with E-state index in [9.17, 15) is 4.79 Å². The number of hydrogen-bond acceptors (Lipinski definition) is 4. The summed E-state index contributed by atoms with van der Waals surface area (Å²) in [6.45, 7) is 0. The lowest BCUT2D eigenvalue weighted by Crippen LogP contribution is -2.16. The van der Waals surface area contributed by atoms with Crippen LogP contribution in [0, 0.1) is 0 Å². The van der Waals surface area contributed by atoms with Crippen molar-refractivity contribution in [2.24, 2.45) is 0 Å². The topological polar surface area (TPSA) is 76.2 Å². The molecule has 0 aliphatic heterocycles. The summed E-state index contributed by atoms with van der Waals surface area (Å²) in [6.07, 6.45) is 6.58. The monoisotopic (exact) mass is 417 g/mol. The molecular weight excluding hydrogens is 401 g/mol. The zero-order valence-electron chi connectivity index (χ0n) is 15.1. The summed E-state index contributed by atoms with van der Waals surface area (Å²) in [7, 11) is 2.97. The lowest BCUT2D eigenvalue weighted by molar-refractivity contribution is -0.115. The number of methoxy groups -OCH3 is 2. The molecule has 0 unspecified atom stereocenters. The van der Waals surface area contributed by atoms with Crippen molar-refractivity contribution >= 4 is 51.9 Å². The number of halogens is 2. The first-order valence-corrected chi connectivity index (χ1v) is 8.97. The first-order chi connectivity index (χ1) is 13.5. The van der Waals surface area contributed by atoms with Crippen LogP contribution in [0.5, 0.6) is 5.75 Å². The Labute approximate surface area is 171 Å². The maximum Gasteiger partial charge on any atom is 0.291 e. The number of nitrogens with one attached hydrogen (secondary N) is 2. The quantitative estimate of drug-likeness (QED) is 0.333. The normalized spacial score (nSPS) is 11.8. The van der Waals surface area contributed by atoms with Gasteiger partial charge in [-0.05, 0) is 42.5 Å². The van der Waals surface area contributed by atoms with Gasteiger partial charge in [0.2, 0.25) is 0 Å². The lowest BCUT2D eigenvalue weighted by atomic mass is 10.2. The number of carbonyl (C=O) groups excluding carboxylic acids is 1. The smallest absolute Gasteiger partial charge is 0.291 e. The number of benzene rings is 1. The van der Waals surface area contributed by atoms with E-state index in [1.165, 1.54) is 13.3 Å². The Bertz CT molecular complexity index is 1020. The fraction of sp³-hybridized carbons (Fsp3) is 0.100. The molecule has 0 bridgehead atoms. The minimum absolute atomic E-state index is 0.135. The highest BCUT2D eigenvalue weighted by Gasteiger charge is 2.10. The van der Waals surface area contributed by atoms with Gasteiger partial charge in [0.05, 0.1) is 30.5 Å². The zero-order valence-corrected chi connectivity index (χ0v) is 16.6. The van der Waals surface area contributed by atoms with E-state index >= 15 is 0 Å². The summed E-state index contributed by atoms with van der Waals surface area (Å²) in [4.78, 5) is 19.6. The van der Waals surface area contributed by atoms with Crippen molar-refractivity contribution in [2.75, 3.05) is 19.5 Å². The molecule has 3 aromatic rings. The van der Waals surface area contributed by atoms with E-state index in [0.717, 1.165) is 16.6 Å². The van der Waals surface area contributed by atoms with Gasteiger partial charge in [-0.3, -0.25) is 4.79 Å². The number of allylic oxidation sites excluding steroid dienone is 2. The third kappa shape index (κ3) is 4.65. The highest BCUT2D eigenvalue weighted by molar-refractivity contribution is 6.42. The number of hydrogen-bond donors (Lipinski definition) is 2. The van der Waals surface area contributed by atoms with Crippen LogP contribution in [0.3, 0.4) is 0 Å². The number of amides is 1. The fourth-order valence-corrected chi connectivity index (χ4v) is 2.80. The van der Waals surface area contributed by atoms with E-state index < -0.39 is 5.91 Å². The molecule has 2 aromatic heterocycles. The Morgan fingerprint density at radius 2 is 1.96 bits per heavy atom. The molecule has 1 amide bonds. The number of fused-ring (bicyclic) bond motifs is 1. The average molecular weight is 418 g/mol. The maximum atomic E-state index is 12.3. The van der Waals surface area contributed by atoms with E-state index in [-0.39, 0.29) is 5.76 Å². The van der Waals surface area contributed by atoms with Gasteiger partial charge in [-0.1, -0.05) is 29.3 Å². The van der Waals surface area contributed by atoms with Crippen molar-refractivity contribution in [3.05, 3.63) is 70.2 Å². The molecule has 0 aliphatic carbocycles. The molecular formula is C20H17Cl2N3O3. The van der Waals surface area contributed by atoms with Crippen molar-refractivity contribution in [1.82, 2.24) is 9.97 Å². The molecule has 1 aromatic carbocycles. The van der Waals surface area contributed by atoms with Gasteiger partial charge in [-0.2, -0.15) is 0 Å². The van der Waals surface area contributed by atoms with Gasteiger partial charge in [0.1, 0.15) is 11.6 Å². The van der Waals surface area contributed by atoms with Gasteiger partial charge in [0.15, 0.2) is 5.76 Å². The fourth-order valence-electron chi connectivity index (χ4n) is 2.47. The van der Waals surface area contributed by atoms with Gasteiger partial charge < -0.3 is 19.8 Å². The number of carbonyl (C=O) groups is 1. The molecule has 0 aliphatic rings. The molecule has 28 heavy (non-hydrogen) atoms. The number of nitrogens with zero attached hydrogens (tertiary/aromatic N) is 1. The summed E-state index contributed by atoms with van der Waals surface area (Å²) < 4.78 is 10.2. The summed E-state index contributed by atoms with van der Waals surface area (Å²) in [5, 5.41) is 4.57. The Hall–Kier alpha value is -2.96. The Morgan fingerprint density at radius 1 is 1.18 bits per heavy atom. The number of ether oxygens (including phenoxy) is 2. The summed E-state index contributed by atoms with van der Waals surface area (Å²) in [5.41, 5.74) is 1.70. The molecule has 0 fully saturated rings. The molecule has 2 heterocycles. The maximum absolute atomic E-state index is 12.3. The van der Waals surface area contributed by atoms with E-state index in [2.05, 4.69) is 15.3 Å². The highest BCUT2D eigenvalue weighted by Crippen LogP contribution is 2.28. The third-order valence-electron chi connectivity index (χ3n) is 3.86. The summed E-state index contributed by atoms with van der Waals surface area (Å²) in [6, 6.07) is 8.82. The number of rotatable bonds is 6. The van der Waals surface area contributed by atoms with E-state index in [0.29, 0.717) is 21.6 Å². The van der Waals surface area contributed by atoms with Crippen LogP contribution in [0.15, 0.2) is 54.4 Å². The van der Waals surface area contributed by atoms with E-state index in [1.54, 1.807) is 49.6 Å². The molecule has 8 heteroatoms. The predicted octanol–water partition coefficient (Wildman–Crippen LogP) is 5.06. The zero-order chi connectivity index (χ0) is 20.1. The van der Waals surface area contributed by atoms with Crippen LogP contribution in [0.25, 0.3) is 17.0 Å². The predicted molar refractivity (Wildman–Crippen MR) is 112 cm³/mol. The second kappa shape index (κ2) is 8.82. The Balaban J connectivity index is 1.71. The van der Waals surface area contributed by atoms with Crippen LogP contribution in [0.1, 0.15) is 5.69 Å². The summed E-state index contributed by atoms with van der Waals surface area (Å²) in [5.74, 6) is 0.711. The minimum atomic E-state index is -0.417. The van der Waals surface area contributed by atoms with Crippen LogP contribution in [-0.4, -0.2) is 30.1 Å². The van der Waals surface area contributed by atoms with Gasteiger partial charge in [-0.15, -0.1) is 0 Å². The number of aromatic amines is 1. The second-order valence-electron chi connectivity index (χ2n) is 5.71. The standard InChI is InChI=1S/C20H17Cl2N3O3/c1-27-14-6-7-19(23-11-14)25-20(26)18(28-2)5-3-4-13-8-12-9-15(21)16(22)10-17(12)24-13/h3-11,24H,1-2H3,(H,23,25,26)/b4-3+,18-5-. The van der Waals surface area contributed by atoms with Crippen LogP contribution < -0.4 is 10.1 Å². The van der Waals surface area contributed by atoms with Crippen molar-refractivity contribution < 1.29 is 14.3 Å². The molecule has 0 atom stereocenters. The highest BCUT2D eigenvalue weighted by atomic mass is 35.5. The number of pyridine rings is 1. The van der Waals surface area contributed by atoms with Crippen LogP contribution in [0.2, 0.25) is 10.0 Å². The molecule has 0 saturated carbocycles. The van der Waals surface area contributed by atoms with E-state index in [1.807, 2.05) is 6.07 Å². The molecule has 3 rings (SSSR count). The largest absolute Gasteiger partial charge is 0.495 e. The lowest BCUT2D eigenvalue weighted by Gasteiger charge is -2.07. The van der Waals surface area contributed by atoms with Crippen molar-refractivity contribution in [3.8, 4) is 5.75 Å². The number of anilines is 1. The molecule has 0 spiro atoms. The molecule has 2 N–H and O–H groups in total. The minimum Gasteiger partial charge on any atom is -0.495 e. The molecule has 0 radical (unpaired) electrons. The third-order valence-corrected chi connectivity index (χ3v) is 4.59. The first kappa shape index (κ1) is 19.8. The Kier molecular flexibility index (Phi) is 6.23. The Morgan fingerprint density at radius 3 is 2.64 bits per heavy atom. The van der Waals surface area contributed by atoms with Crippen LogP contribution in [0.4, 0.5) is 5.82 Å². The average Bonchev–Trinajstić information content (AvgIpc) is 3.07. The first-order valence-electron chi connectivity index (χ1n) is 8.21. The second-order valence-corrected chi connectivity index (χ2v) is 6.52. The molecule has 6 nitrogen and oxygen atoms in total. The van der Waals surface area contributed by atoms with Gasteiger partial charge >= 0.3 is 0 Å². The molecule has 144 valence electrons. The van der Waals surface area contributed by atoms with Crippen LogP contribution in [-0.2, 0) is 9.53 Å². The number of H-pyrrole nitrogens is 1. The van der Waals surface area contributed by atoms with Gasteiger partial charge in [-0.25, -0.2) is 4.98 Å². The van der Waals surface area contributed by atoms with Gasteiger partial charge in [0.25, 0.3) is 5.91 Å². The van der Waals surface area contributed by atoms with Gasteiger partial charge in [0, 0.05) is 16.6 Å².